The average Bonchev–Trinajstić information content (AvgIpc) is 2.15. The first-order valence-corrected chi connectivity index (χ1v) is 5.65. The minimum Gasteiger partial charge on any atom is -0.397 e. The number of pyridine rings is 1. The molecule has 2 N–H and O–H groups in total. The molecule has 0 saturated carbocycles. The molecular formula is C10H16N2S. The van der Waals surface area contributed by atoms with E-state index in [2.05, 4.69) is 11.9 Å². The predicted molar refractivity (Wildman–Crippen MR) is 58.9 cm³/mol. The Morgan fingerprint density at radius 1 is 1.46 bits per heavy atom. The molecule has 1 aromatic rings. The zero-order valence-corrected chi connectivity index (χ0v) is 8.81. The molecule has 0 aliphatic heterocycles. The normalized spacial score (nSPS) is 10.2. The molecular weight excluding hydrogens is 180 g/mol. The topological polar surface area (TPSA) is 38.9 Å². The van der Waals surface area contributed by atoms with Gasteiger partial charge in [-0.3, -0.25) is 4.98 Å². The van der Waals surface area contributed by atoms with Gasteiger partial charge in [0, 0.05) is 11.1 Å². The van der Waals surface area contributed by atoms with Gasteiger partial charge in [-0.15, -0.1) is 11.8 Å². The Balaban J connectivity index is 2.32. The van der Waals surface area contributed by atoms with Crippen molar-refractivity contribution in [1.29, 1.82) is 0 Å². The van der Waals surface area contributed by atoms with E-state index in [1.54, 1.807) is 12.4 Å². The maximum atomic E-state index is 5.75. The quantitative estimate of drug-likeness (QED) is 0.581. The van der Waals surface area contributed by atoms with E-state index in [0.717, 1.165) is 16.3 Å². The molecule has 0 aromatic carbocycles. The van der Waals surface area contributed by atoms with Crippen LogP contribution in [0, 0.1) is 0 Å². The average molecular weight is 196 g/mol. The van der Waals surface area contributed by atoms with Gasteiger partial charge < -0.3 is 5.73 Å². The first-order valence-electron chi connectivity index (χ1n) is 4.67. The van der Waals surface area contributed by atoms with Crippen molar-refractivity contribution in [3.63, 3.8) is 0 Å². The second-order valence-electron chi connectivity index (χ2n) is 2.97. The van der Waals surface area contributed by atoms with Crippen molar-refractivity contribution in [2.45, 2.75) is 31.1 Å². The Kier molecular flexibility index (Phi) is 4.68. The van der Waals surface area contributed by atoms with Gasteiger partial charge in [0.15, 0.2) is 0 Å². The van der Waals surface area contributed by atoms with Crippen LogP contribution in [0.5, 0.6) is 0 Å². The number of unbranched alkanes of at least 4 members (excludes halogenated alkanes) is 2. The fourth-order valence-electron chi connectivity index (χ4n) is 1.06. The van der Waals surface area contributed by atoms with Crippen LogP contribution in [-0.4, -0.2) is 10.7 Å². The molecule has 13 heavy (non-hydrogen) atoms. The summed E-state index contributed by atoms with van der Waals surface area (Å²) in [5, 5.41) is 0. The van der Waals surface area contributed by atoms with Crippen molar-refractivity contribution in [2.75, 3.05) is 11.5 Å². The lowest BCUT2D eigenvalue weighted by atomic mass is 10.3. The smallest absolute Gasteiger partial charge is 0.0638 e. The maximum Gasteiger partial charge on any atom is 0.0638 e. The van der Waals surface area contributed by atoms with E-state index in [1.165, 1.54) is 19.3 Å². The standard InChI is InChI=1S/C10H16N2S/c1-2-3-4-7-13-10-5-6-12-8-9(10)11/h5-6,8H,2-4,7,11H2,1H3. The van der Waals surface area contributed by atoms with Gasteiger partial charge in [-0.1, -0.05) is 19.8 Å². The van der Waals surface area contributed by atoms with Crippen molar-refractivity contribution < 1.29 is 0 Å². The molecule has 2 nitrogen and oxygen atoms in total. The van der Waals surface area contributed by atoms with E-state index in [-0.39, 0.29) is 0 Å². The number of thioether (sulfide) groups is 1. The number of anilines is 1. The summed E-state index contributed by atoms with van der Waals surface area (Å²) in [6, 6.07) is 1.98. The number of nitrogens with zero attached hydrogens (tertiary/aromatic N) is 1. The third kappa shape index (κ3) is 3.68. The summed E-state index contributed by atoms with van der Waals surface area (Å²) in [6.07, 6.45) is 7.34. The summed E-state index contributed by atoms with van der Waals surface area (Å²) in [5.74, 6) is 1.15. The highest BCUT2D eigenvalue weighted by Crippen LogP contribution is 2.24. The molecule has 1 rings (SSSR count). The van der Waals surface area contributed by atoms with Crippen molar-refractivity contribution >= 4 is 17.4 Å². The zero-order chi connectivity index (χ0) is 9.52. The highest BCUT2D eigenvalue weighted by Gasteiger charge is 1.97. The van der Waals surface area contributed by atoms with Crippen LogP contribution in [0.3, 0.4) is 0 Å². The first-order chi connectivity index (χ1) is 6.34. The van der Waals surface area contributed by atoms with Gasteiger partial charge in [0.25, 0.3) is 0 Å². The Morgan fingerprint density at radius 3 is 3.00 bits per heavy atom. The first kappa shape index (κ1) is 10.4. The van der Waals surface area contributed by atoms with Crippen LogP contribution in [0.2, 0.25) is 0 Å². The van der Waals surface area contributed by atoms with Gasteiger partial charge in [0.1, 0.15) is 0 Å². The van der Waals surface area contributed by atoms with E-state index in [4.69, 9.17) is 5.73 Å². The van der Waals surface area contributed by atoms with Crippen molar-refractivity contribution in [3.8, 4) is 0 Å². The molecule has 0 amide bonds. The van der Waals surface area contributed by atoms with Gasteiger partial charge >= 0.3 is 0 Å². The third-order valence-corrected chi connectivity index (χ3v) is 2.99. The molecule has 0 unspecified atom stereocenters. The zero-order valence-electron chi connectivity index (χ0n) is 7.99. The molecule has 0 atom stereocenters. The Hall–Kier alpha value is -0.700. The SMILES string of the molecule is CCCCCSc1ccncc1N. The molecule has 0 spiro atoms. The van der Waals surface area contributed by atoms with Crippen LogP contribution >= 0.6 is 11.8 Å². The monoisotopic (exact) mass is 196 g/mol. The second kappa shape index (κ2) is 5.86. The van der Waals surface area contributed by atoms with E-state index < -0.39 is 0 Å². The van der Waals surface area contributed by atoms with E-state index in [1.807, 2.05) is 17.8 Å². The summed E-state index contributed by atoms with van der Waals surface area (Å²) in [7, 11) is 0. The molecule has 0 aliphatic rings. The largest absolute Gasteiger partial charge is 0.397 e. The molecule has 3 heteroatoms. The molecule has 0 bridgehead atoms. The maximum absolute atomic E-state index is 5.75. The number of nitrogen functional groups attached to an aromatic ring is 1. The number of hydrogen-bond donors (Lipinski definition) is 1. The summed E-state index contributed by atoms with van der Waals surface area (Å²) < 4.78 is 0. The predicted octanol–water partition coefficient (Wildman–Crippen LogP) is 2.95. The Bertz CT molecular complexity index is 250. The molecule has 0 aliphatic carbocycles. The van der Waals surface area contributed by atoms with Gasteiger partial charge in [-0.05, 0) is 18.2 Å². The van der Waals surface area contributed by atoms with Gasteiger partial charge in [-0.2, -0.15) is 0 Å². The lowest BCUT2D eigenvalue weighted by molar-refractivity contribution is 0.778. The third-order valence-electron chi connectivity index (χ3n) is 1.82. The van der Waals surface area contributed by atoms with Crippen LogP contribution in [-0.2, 0) is 0 Å². The summed E-state index contributed by atoms with van der Waals surface area (Å²) in [4.78, 5) is 5.11. The minimum absolute atomic E-state index is 0.795. The number of rotatable bonds is 5. The number of hydrogen-bond acceptors (Lipinski definition) is 3. The minimum atomic E-state index is 0.795. The summed E-state index contributed by atoms with van der Waals surface area (Å²) in [5.41, 5.74) is 6.55. The van der Waals surface area contributed by atoms with Crippen molar-refractivity contribution in [1.82, 2.24) is 4.98 Å². The lowest BCUT2D eigenvalue weighted by Gasteiger charge is -2.03. The fourth-order valence-corrected chi connectivity index (χ4v) is 2.00. The van der Waals surface area contributed by atoms with E-state index in [0.29, 0.717) is 0 Å². The lowest BCUT2D eigenvalue weighted by Crippen LogP contribution is -1.90. The van der Waals surface area contributed by atoms with Crippen LogP contribution in [0.15, 0.2) is 23.4 Å². The fraction of sp³-hybridized carbons (Fsp3) is 0.500. The summed E-state index contributed by atoms with van der Waals surface area (Å²) >= 11 is 1.82. The van der Waals surface area contributed by atoms with Crippen LogP contribution in [0.1, 0.15) is 26.2 Å². The van der Waals surface area contributed by atoms with Crippen LogP contribution < -0.4 is 5.73 Å². The van der Waals surface area contributed by atoms with Crippen LogP contribution in [0.4, 0.5) is 5.69 Å². The Morgan fingerprint density at radius 2 is 2.31 bits per heavy atom. The van der Waals surface area contributed by atoms with Crippen molar-refractivity contribution in [2.24, 2.45) is 0 Å². The summed E-state index contributed by atoms with van der Waals surface area (Å²) in [6.45, 7) is 2.21. The molecule has 0 fully saturated rings. The van der Waals surface area contributed by atoms with Crippen molar-refractivity contribution in [3.05, 3.63) is 18.5 Å². The number of aromatic nitrogens is 1. The highest BCUT2D eigenvalue weighted by atomic mass is 32.2. The van der Waals surface area contributed by atoms with Gasteiger partial charge in [0.05, 0.1) is 11.9 Å². The number of nitrogens with two attached hydrogens (primary N) is 1. The second-order valence-corrected chi connectivity index (χ2v) is 4.11. The Labute approximate surface area is 83.9 Å². The highest BCUT2D eigenvalue weighted by molar-refractivity contribution is 7.99. The van der Waals surface area contributed by atoms with Gasteiger partial charge in [-0.25, -0.2) is 0 Å². The molecule has 72 valence electrons. The van der Waals surface area contributed by atoms with Gasteiger partial charge in [0.2, 0.25) is 0 Å². The molecule has 0 saturated heterocycles. The molecule has 0 radical (unpaired) electrons. The van der Waals surface area contributed by atoms with E-state index >= 15 is 0 Å². The van der Waals surface area contributed by atoms with Crippen LogP contribution in [0.25, 0.3) is 0 Å². The molecule has 1 heterocycles. The molecule has 1 aromatic heterocycles. The van der Waals surface area contributed by atoms with E-state index in [9.17, 15) is 0 Å².